The number of sulfonamides is 1. The third-order valence-electron chi connectivity index (χ3n) is 4.28. The van der Waals surface area contributed by atoms with Crippen LogP contribution in [0.2, 0.25) is 0 Å². The molecule has 0 N–H and O–H groups in total. The highest BCUT2D eigenvalue weighted by Crippen LogP contribution is 2.30. The maximum absolute atomic E-state index is 14.1. The molecule has 0 atom stereocenters. The van der Waals surface area contributed by atoms with Gasteiger partial charge in [0.2, 0.25) is 10.0 Å². The van der Waals surface area contributed by atoms with Gasteiger partial charge in [-0.3, -0.25) is 0 Å². The van der Waals surface area contributed by atoms with Crippen LogP contribution in [-0.4, -0.2) is 44.2 Å². The van der Waals surface area contributed by atoms with E-state index in [1.165, 1.54) is 0 Å². The third-order valence-corrected chi connectivity index (χ3v) is 6.89. The first-order valence-corrected chi connectivity index (χ1v) is 9.58. The Morgan fingerprint density at radius 3 is 2.52 bits per heavy atom. The van der Waals surface area contributed by atoms with Gasteiger partial charge in [-0.1, -0.05) is 6.07 Å². The minimum Gasteiger partial charge on any atom is -0.369 e. The quantitative estimate of drug-likeness (QED) is 0.796. The van der Waals surface area contributed by atoms with Crippen LogP contribution in [-0.2, 0) is 10.0 Å². The zero-order valence-electron chi connectivity index (χ0n) is 11.6. The molecule has 0 bridgehead atoms. The smallest absolute Gasteiger partial charge is 0.214 e. The van der Waals surface area contributed by atoms with E-state index in [2.05, 4.69) is 15.9 Å². The van der Waals surface area contributed by atoms with E-state index in [0.717, 1.165) is 19.3 Å². The van der Waals surface area contributed by atoms with E-state index in [-0.39, 0.29) is 17.6 Å². The lowest BCUT2D eigenvalue weighted by molar-refractivity contribution is 0.290. The molecule has 0 saturated carbocycles. The average Bonchev–Trinajstić information content (AvgIpc) is 2.82. The van der Waals surface area contributed by atoms with Crippen LogP contribution in [0.4, 0.5) is 10.1 Å². The highest BCUT2D eigenvalue weighted by Gasteiger charge is 2.36. The largest absolute Gasteiger partial charge is 0.369 e. The van der Waals surface area contributed by atoms with Crippen molar-refractivity contribution in [3.8, 4) is 0 Å². The van der Waals surface area contributed by atoms with Gasteiger partial charge < -0.3 is 4.90 Å². The Bertz CT molecular complexity index is 630. The Hall–Kier alpha value is -0.660. The Morgan fingerprint density at radius 2 is 1.90 bits per heavy atom. The summed E-state index contributed by atoms with van der Waals surface area (Å²) >= 11 is 3.20. The van der Waals surface area contributed by atoms with Crippen molar-refractivity contribution in [2.75, 3.05) is 30.3 Å². The molecule has 2 heterocycles. The number of hydrogen-bond donors (Lipinski definition) is 0. The fourth-order valence-electron chi connectivity index (χ4n) is 3.20. The van der Waals surface area contributed by atoms with Crippen LogP contribution in [0.15, 0.2) is 22.7 Å². The molecule has 0 unspecified atom stereocenters. The standard InChI is InChI=1S/C14H18BrFN2O2S/c15-12-3-1-4-13(14(12)16)17-8-5-11(6-9-17)18-7-2-10-21(18,19)20/h1,3-4,11H,2,5-10H2. The summed E-state index contributed by atoms with van der Waals surface area (Å²) in [6.07, 6.45) is 2.24. The second-order valence-electron chi connectivity index (χ2n) is 5.57. The SMILES string of the molecule is O=S1(=O)CCCN1C1CCN(c2cccc(Br)c2F)CC1. The predicted octanol–water partition coefficient (Wildman–Crippen LogP) is 2.59. The molecule has 1 aromatic rings. The van der Waals surface area contributed by atoms with Gasteiger partial charge in [0.15, 0.2) is 5.82 Å². The number of benzene rings is 1. The van der Waals surface area contributed by atoms with Crippen LogP contribution in [0.5, 0.6) is 0 Å². The number of rotatable bonds is 2. The summed E-state index contributed by atoms with van der Waals surface area (Å²) in [5, 5.41) is 0. The maximum atomic E-state index is 14.1. The van der Waals surface area contributed by atoms with Crippen molar-refractivity contribution in [1.82, 2.24) is 4.31 Å². The summed E-state index contributed by atoms with van der Waals surface area (Å²) in [6, 6.07) is 5.35. The summed E-state index contributed by atoms with van der Waals surface area (Å²) in [6.45, 7) is 2.01. The van der Waals surface area contributed by atoms with Gasteiger partial charge in [0.05, 0.1) is 15.9 Å². The summed E-state index contributed by atoms with van der Waals surface area (Å²) in [5.74, 6) is 0.0257. The summed E-state index contributed by atoms with van der Waals surface area (Å²) in [5.41, 5.74) is 0.590. The molecular formula is C14H18BrFN2O2S. The predicted molar refractivity (Wildman–Crippen MR) is 84.4 cm³/mol. The van der Waals surface area contributed by atoms with E-state index in [1.54, 1.807) is 16.4 Å². The molecule has 2 aliphatic rings. The molecule has 21 heavy (non-hydrogen) atoms. The molecule has 2 saturated heterocycles. The topological polar surface area (TPSA) is 40.6 Å². The van der Waals surface area contributed by atoms with Crippen LogP contribution < -0.4 is 4.90 Å². The summed E-state index contributed by atoms with van der Waals surface area (Å²) in [4.78, 5) is 2.00. The van der Waals surface area contributed by atoms with Crippen molar-refractivity contribution in [2.24, 2.45) is 0 Å². The zero-order valence-corrected chi connectivity index (χ0v) is 14.0. The van der Waals surface area contributed by atoms with Gasteiger partial charge in [-0.2, -0.15) is 4.31 Å². The zero-order chi connectivity index (χ0) is 15.0. The molecule has 0 amide bonds. The average molecular weight is 377 g/mol. The van der Waals surface area contributed by atoms with Gasteiger partial charge in [0.1, 0.15) is 0 Å². The van der Waals surface area contributed by atoms with Gasteiger partial charge >= 0.3 is 0 Å². The molecule has 0 aromatic heterocycles. The Morgan fingerprint density at radius 1 is 1.19 bits per heavy atom. The first kappa shape index (κ1) is 15.2. The molecular weight excluding hydrogens is 359 g/mol. The van der Waals surface area contributed by atoms with E-state index >= 15 is 0 Å². The van der Waals surface area contributed by atoms with Gasteiger partial charge in [-0.25, -0.2) is 12.8 Å². The Labute approximate surface area is 133 Å². The molecule has 0 aliphatic carbocycles. The number of piperidine rings is 1. The van der Waals surface area contributed by atoms with E-state index in [4.69, 9.17) is 0 Å². The van der Waals surface area contributed by atoms with E-state index in [9.17, 15) is 12.8 Å². The fourth-order valence-corrected chi connectivity index (χ4v) is 5.36. The lowest BCUT2D eigenvalue weighted by Crippen LogP contribution is -2.45. The van der Waals surface area contributed by atoms with E-state index in [1.807, 2.05) is 11.0 Å². The first-order valence-electron chi connectivity index (χ1n) is 7.17. The van der Waals surface area contributed by atoms with Crippen LogP contribution in [0.3, 0.4) is 0 Å². The summed E-state index contributed by atoms with van der Waals surface area (Å²) < 4.78 is 40.1. The van der Waals surface area contributed by atoms with Crippen LogP contribution in [0, 0.1) is 5.82 Å². The van der Waals surface area contributed by atoms with Crippen molar-refractivity contribution < 1.29 is 12.8 Å². The highest BCUT2D eigenvalue weighted by molar-refractivity contribution is 9.10. The molecule has 2 fully saturated rings. The monoisotopic (exact) mass is 376 g/mol. The van der Waals surface area contributed by atoms with Gasteiger partial charge in [-0.15, -0.1) is 0 Å². The van der Waals surface area contributed by atoms with Gasteiger partial charge in [-0.05, 0) is 47.3 Å². The summed E-state index contributed by atoms with van der Waals surface area (Å²) in [7, 11) is -3.05. The van der Waals surface area contributed by atoms with Crippen molar-refractivity contribution in [2.45, 2.75) is 25.3 Å². The van der Waals surface area contributed by atoms with Crippen molar-refractivity contribution in [3.05, 3.63) is 28.5 Å². The normalized spacial score (nSPS) is 23.6. The molecule has 0 spiro atoms. The molecule has 7 heteroatoms. The first-order chi connectivity index (χ1) is 9.99. The molecule has 4 nitrogen and oxygen atoms in total. The Balaban J connectivity index is 1.69. The molecule has 3 rings (SSSR count). The molecule has 116 valence electrons. The number of halogens is 2. The lowest BCUT2D eigenvalue weighted by atomic mass is 10.0. The van der Waals surface area contributed by atoms with E-state index < -0.39 is 10.0 Å². The maximum Gasteiger partial charge on any atom is 0.214 e. The minimum absolute atomic E-state index is 0.0731. The van der Waals surface area contributed by atoms with Crippen molar-refractivity contribution in [1.29, 1.82) is 0 Å². The third kappa shape index (κ3) is 2.96. The second kappa shape index (κ2) is 5.85. The van der Waals surface area contributed by atoms with Crippen LogP contribution in [0.1, 0.15) is 19.3 Å². The molecule has 2 aliphatic heterocycles. The van der Waals surface area contributed by atoms with Crippen molar-refractivity contribution in [3.63, 3.8) is 0 Å². The minimum atomic E-state index is -3.05. The van der Waals surface area contributed by atoms with Gasteiger partial charge in [0.25, 0.3) is 0 Å². The number of hydrogen-bond acceptors (Lipinski definition) is 3. The molecule has 0 radical (unpaired) electrons. The highest BCUT2D eigenvalue weighted by atomic mass is 79.9. The number of anilines is 1. The van der Waals surface area contributed by atoms with Gasteiger partial charge in [0, 0.05) is 25.7 Å². The van der Waals surface area contributed by atoms with Crippen molar-refractivity contribution >= 4 is 31.6 Å². The fraction of sp³-hybridized carbons (Fsp3) is 0.571. The molecule has 1 aromatic carbocycles. The Kier molecular flexibility index (Phi) is 4.25. The van der Waals surface area contributed by atoms with Crippen LogP contribution in [0.25, 0.3) is 0 Å². The van der Waals surface area contributed by atoms with Crippen LogP contribution >= 0.6 is 15.9 Å². The second-order valence-corrected chi connectivity index (χ2v) is 8.47. The van der Waals surface area contributed by atoms with E-state index in [0.29, 0.717) is 29.8 Å². The number of nitrogens with zero attached hydrogens (tertiary/aromatic N) is 2. The lowest BCUT2D eigenvalue weighted by Gasteiger charge is -2.37.